The average molecular weight is 239 g/mol. The van der Waals surface area contributed by atoms with Crippen molar-refractivity contribution < 1.29 is 9.59 Å². The van der Waals surface area contributed by atoms with E-state index in [1.165, 1.54) is 0 Å². The summed E-state index contributed by atoms with van der Waals surface area (Å²) in [6, 6.07) is 5.19. The molecule has 1 N–H and O–H groups in total. The number of nitrogens with one attached hydrogen (secondary N) is 1. The van der Waals surface area contributed by atoms with Gasteiger partial charge in [0.05, 0.1) is 11.1 Å². The Labute approximate surface area is 98.1 Å². The second-order valence-electron chi connectivity index (χ2n) is 3.35. The molecule has 5 heteroatoms. The molecule has 0 saturated carbocycles. The van der Waals surface area contributed by atoms with Crippen molar-refractivity contribution in [2.24, 2.45) is 0 Å². The summed E-state index contributed by atoms with van der Waals surface area (Å²) < 4.78 is -0.0665. The van der Waals surface area contributed by atoms with Gasteiger partial charge in [-0.05, 0) is 24.1 Å². The molecule has 2 rings (SSSR count). The van der Waals surface area contributed by atoms with Crippen molar-refractivity contribution >= 4 is 37.1 Å². The fourth-order valence-corrected chi connectivity index (χ4v) is 1.97. The first kappa shape index (κ1) is 10.6. The Kier molecular flexibility index (Phi) is 2.75. The Hall–Kier alpha value is -0.940. The van der Waals surface area contributed by atoms with Crippen LogP contribution in [0.1, 0.15) is 26.3 Å². The Balaban J connectivity index is 2.38. The Bertz CT molecular complexity index is 443. The summed E-state index contributed by atoms with van der Waals surface area (Å²) >= 11 is 8.30. The molecule has 2 amide bonds. The van der Waals surface area contributed by atoms with Crippen molar-refractivity contribution in [3.63, 3.8) is 0 Å². The van der Waals surface area contributed by atoms with Crippen LogP contribution in [0.25, 0.3) is 0 Å². The van der Waals surface area contributed by atoms with Crippen LogP contribution in [-0.4, -0.2) is 16.4 Å². The molecular formula is C10H9NO2S2. The van der Waals surface area contributed by atoms with Gasteiger partial charge in [0.2, 0.25) is 0 Å². The molecule has 1 aliphatic heterocycles. The van der Waals surface area contributed by atoms with Crippen LogP contribution >= 0.6 is 25.3 Å². The van der Waals surface area contributed by atoms with E-state index in [1.54, 1.807) is 12.1 Å². The summed E-state index contributed by atoms with van der Waals surface area (Å²) in [6.45, 7) is 0. The lowest BCUT2D eigenvalue weighted by molar-refractivity contribution is 0.0879. The normalized spacial score (nSPS) is 14.3. The van der Waals surface area contributed by atoms with Crippen LogP contribution in [0.4, 0.5) is 0 Å². The number of carbonyl (C=O) groups is 2. The van der Waals surface area contributed by atoms with Crippen molar-refractivity contribution in [3.05, 3.63) is 34.9 Å². The second kappa shape index (κ2) is 3.90. The zero-order valence-electron chi connectivity index (χ0n) is 7.73. The Morgan fingerprint density at radius 1 is 1.13 bits per heavy atom. The van der Waals surface area contributed by atoms with Crippen molar-refractivity contribution in [2.45, 2.75) is 11.0 Å². The lowest BCUT2D eigenvalue weighted by atomic mass is 10.0. The van der Waals surface area contributed by atoms with Crippen LogP contribution in [0.3, 0.4) is 0 Å². The molecule has 0 unspecified atom stereocenters. The molecule has 0 saturated heterocycles. The van der Waals surface area contributed by atoms with E-state index in [-0.39, 0.29) is 16.4 Å². The third kappa shape index (κ3) is 2.03. The van der Waals surface area contributed by atoms with Gasteiger partial charge < -0.3 is 0 Å². The highest BCUT2D eigenvalue weighted by Gasteiger charge is 2.26. The molecule has 0 atom stereocenters. The zero-order chi connectivity index (χ0) is 11.0. The SMILES string of the molecule is O=C1NC(=O)c2cc(CC(S)S)ccc21. The number of amides is 2. The van der Waals surface area contributed by atoms with Crippen LogP contribution in [-0.2, 0) is 6.42 Å². The first-order valence-corrected chi connectivity index (χ1v) is 5.46. The minimum Gasteiger partial charge on any atom is -0.288 e. The summed E-state index contributed by atoms with van der Waals surface area (Å²) in [5.74, 6) is -0.651. The molecular weight excluding hydrogens is 230 g/mol. The quantitative estimate of drug-likeness (QED) is 0.414. The molecule has 0 bridgehead atoms. The average Bonchev–Trinajstić information content (AvgIpc) is 2.41. The minimum absolute atomic E-state index is 0.0665. The fraction of sp³-hybridized carbons (Fsp3) is 0.200. The first-order chi connectivity index (χ1) is 7.08. The van der Waals surface area contributed by atoms with E-state index in [9.17, 15) is 9.59 Å². The van der Waals surface area contributed by atoms with Gasteiger partial charge in [0.15, 0.2) is 0 Å². The smallest absolute Gasteiger partial charge is 0.258 e. The van der Waals surface area contributed by atoms with Gasteiger partial charge in [-0.15, -0.1) is 0 Å². The van der Waals surface area contributed by atoms with Gasteiger partial charge in [-0.3, -0.25) is 14.9 Å². The van der Waals surface area contributed by atoms with Gasteiger partial charge >= 0.3 is 0 Å². The molecule has 0 aliphatic carbocycles. The lowest BCUT2D eigenvalue weighted by Crippen LogP contribution is -2.19. The maximum Gasteiger partial charge on any atom is 0.258 e. The standard InChI is InChI=1S/C10H9NO2S2/c12-9-6-2-1-5(4-8(14)15)3-7(6)10(13)11-9/h1-3,8,14-15H,4H2,(H,11,12,13). The number of fused-ring (bicyclic) bond motifs is 1. The Morgan fingerprint density at radius 2 is 1.80 bits per heavy atom. The molecule has 0 fully saturated rings. The predicted molar refractivity (Wildman–Crippen MR) is 63.7 cm³/mol. The summed E-state index contributed by atoms with van der Waals surface area (Å²) in [7, 11) is 0. The van der Waals surface area contributed by atoms with E-state index in [4.69, 9.17) is 0 Å². The molecule has 0 aromatic heterocycles. The molecule has 15 heavy (non-hydrogen) atoms. The molecule has 78 valence electrons. The Morgan fingerprint density at radius 3 is 2.47 bits per heavy atom. The van der Waals surface area contributed by atoms with Crippen molar-refractivity contribution in [2.75, 3.05) is 0 Å². The third-order valence-electron chi connectivity index (χ3n) is 2.22. The number of carbonyl (C=O) groups excluding carboxylic acids is 2. The van der Waals surface area contributed by atoms with Gasteiger partial charge in [0.25, 0.3) is 11.8 Å². The van der Waals surface area contributed by atoms with E-state index in [0.29, 0.717) is 17.5 Å². The van der Waals surface area contributed by atoms with Crippen molar-refractivity contribution in [1.29, 1.82) is 0 Å². The highest BCUT2D eigenvalue weighted by atomic mass is 32.2. The monoisotopic (exact) mass is 239 g/mol. The highest BCUT2D eigenvalue weighted by molar-refractivity contribution is 7.99. The molecule has 1 aliphatic rings. The lowest BCUT2D eigenvalue weighted by Gasteiger charge is -2.04. The second-order valence-corrected chi connectivity index (χ2v) is 5.00. The predicted octanol–water partition coefficient (Wildman–Crippen LogP) is 1.30. The van der Waals surface area contributed by atoms with Gasteiger partial charge in [-0.1, -0.05) is 6.07 Å². The molecule has 1 aromatic carbocycles. The van der Waals surface area contributed by atoms with Crippen LogP contribution in [0.15, 0.2) is 18.2 Å². The highest BCUT2D eigenvalue weighted by Crippen LogP contribution is 2.19. The van der Waals surface area contributed by atoms with E-state index in [1.807, 2.05) is 6.07 Å². The van der Waals surface area contributed by atoms with Crippen LogP contribution in [0, 0.1) is 0 Å². The van der Waals surface area contributed by atoms with Gasteiger partial charge in [-0.2, -0.15) is 25.3 Å². The first-order valence-electron chi connectivity index (χ1n) is 4.42. The summed E-state index contributed by atoms with van der Waals surface area (Å²) in [6.07, 6.45) is 0.654. The molecule has 3 nitrogen and oxygen atoms in total. The fourth-order valence-electron chi connectivity index (χ4n) is 1.55. The van der Waals surface area contributed by atoms with E-state index in [0.717, 1.165) is 5.56 Å². The molecule has 0 radical (unpaired) electrons. The number of imide groups is 1. The summed E-state index contributed by atoms with van der Waals surface area (Å²) in [4.78, 5) is 22.6. The van der Waals surface area contributed by atoms with E-state index < -0.39 is 0 Å². The minimum atomic E-state index is -0.327. The van der Waals surface area contributed by atoms with Crippen LogP contribution in [0.5, 0.6) is 0 Å². The van der Waals surface area contributed by atoms with Gasteiger partial charge in [0, 0.05) is 4.58 Å². The van der Waals surface area contributed by atoms with Gasteiger partial charge in [-0.25, -0.2) is 0 Å². The van der Waals surface area contributed by atoms with Crippen molar-refractivity contribution in [3.8, 4) is 0 Å². The number of rotatable bonds is 2. The number of hydrogen-bond acceptors (Lipinski definition) is 4. The molecule has 1 aromatic rings. The third-order valence-corrected chi connectivity index (χ3v) is 2.58. The number of benzene rings is 1. The number of hydrogen-bond donors (Lipinski definition) is 3. The summed E-state index contributed by atoms with van der Waals surface area (Å²) in [5, 5.41) is 2.25. The number of thiol groups is 2. The van der Waals surface area contributed by atoms with Crippen molar-refractivity contribution in [1.82, 2.24) is 5.32 Å². The van der Waals surface area contributed by atoms with Crippen LogP contribution < -0.4 is 5.32 Å². The molecule has 0 spiro atoms. The largest absolute Gasteiger partial charge is 0.288 e. The van der Waals surface area contributed by atoms with Crippen LogP contribution in [0.2, 0.25) is 0 Å². The zero-order valence-corrected chi connectivity index (χ0v) is 9.52. The van der Waals surface area contributed by atoms with Gasteiger partial charge in [0.1, 0.15) is 0 Å². The van der Waals surface area contributed by atoms with E-state index >= 15 is 0 Å². The van der Waals surface area contributed by atoms with E-state index in [2.05, 4.69) is 30.6 Å². The topological polar surface area (TPSA) is 46.2 Å². The maximum atomic E-state index is 11.3. The maximum absolute atomic E-state index is 11.3. The molecule has 1 heterocycles. The summed E-state index contributed by atoms with van der Waals surface area (Å²) in [5.41, 5.74) is 1.84.